The fourth-order valence-corrected chi connectivity index (χ4v) is 4.13. The third-order valence-corrected chi connectivity index (χ3v) is 5.56. The number of piperidine rings is 1. The number of amides is 1. The predicted molar refractivity (Wildman–Crippen MR) is 106 cm³/mol. The third kappa shape index (κ3) is 3.67. The van der Waals surface area contributed by atoms with Crippen molar-refractivity contribution < 1.29 is 4.79 Å². The van der Waals surface area contributed by atoms with E-state index in [1.54, 1.807) is 0 Å². The van der Waals surface area contributed by atoms with Crippen molar-refractivity contribution in [1.29, 1.82) is 0 Å². The number of nitrogens with zero attached hydrogens (tertiary/aromatic N) is 1. The van der Waals surface area contributed by atoms with Gasteiger partial charge in [-0.25, -0.2) is 0 Å². The van der Waals surface area contributed by atoms with Gasteiger partial charge in [0.1, 0.15) is 0 Å². The maximum absolute atomic E-state index is 12.7. The molecule has 134 valence electrons. The number of carbonyl (C=O) groups excluding carboxylic acids is 1. The van der Waals surface area contributed by atoms with Crippen molar-refractivity contribution in [3.05, 3.63) is 71.9 Å². The van der Waals surface area contributed by atoms with Gasteiger partial charge in [-0.05, 0) is 42.9 Å². The van der Waals surface area contributed by atoms with Crippen LogP contribution in [0.4, 0.5) is 0 Å². The van der Waals surface area contributed by atoms with E-state index < -0.39 is 0 Å². The first-order valence-corrected chi connectivity index (χ1v) is 9.69. The standard InChI is InChI=1S/C23H26N2O/c26-23(14-6-10-19-16-24-22-13-5-4-12-21(19)22)25-15-7-11-20(17-25)18-8-2-1-3-9-18/h1-5,8-9,12-13,16,20,24H,6-7,10-11,14-15,17H2. The number of hydrogen-bond acceptors (Lipinski definition) is 1. The van der Waals surface area contributed by atoms with Crippen molar-refractivity contribution in [2.45, 2.75) is 38.0 Å². The zero-order valence-electron chi connectivity index (χ0n) is 15.2. The maximum Gasteiger partial charge on any atom is 0.222 e. The van der Waals surface area contributed by atoms with Gasteiger partial charge >= 0.3 is 0 Å². The van der Waals surface area contributed by atoms with Crippen LogP contribution >= 0.6 is 0 Å². The second-order valence-electron chi connectivity index (χ2n) is 7.30. The van der Waals surface area contributed by atoms with Gasteiger partial charge in [-0.3, -0.25) is 4.79 Å². The van der Waals surface area contributed by atoms with Crippen molar-refractivity contribution in [3.8, 4) is 0 Å². The Hall–Kier alpha value is -2.55. The molecule has 1 aliphatic heterocycles. The molecule has 3 aromatic rings. The lowest BCUT2D eigenvalue weighted by Crippen LogP contribution is -2.39. The minimum Gasteiger partial charge on any atom is -0.361 e. The number of para-hydroxylation sites is 1. The van der Waals surface area contributed by atoms with Gasteiger partial charge in [-0.15, -0.1) is 0 Å². The molecule has 0 aliphatic carbocycles. The number of aromatic amines is 1. The minimum atomic E-state index is 0.311. The molecule has 1 atom stereocenters. The van der Waals surface area contributed by atoms with Crippen LogP contribution < -0.4 is 0 Å². The van der Waals surface area contributed by atoms with Crippen molar-refractivity contribution in [1.82, 2.24) is 9.88 Å². The molecule has 1 saturated heterocycles. The highest BCUT2D eigenvalue weighted by atomic mass is 16.2. The molecule has 0 spiro atoms. The zero-order valence-corrected chi connectivity index (χ0v) is 15.2. The summed E-state index contributed by atoms with van der Waals surface area (Å²) in [7, 11) is 0. The van der Waals surface area contributed by atoms with Gasteiger partial charge in [0.15, 0.2) is 0 Å². The van der Waals surface area contributed by atoms with Crippen molar-refractivity contribution in [3.63, 3.8) is 0 Å². The molecule has 0 bridgehead atoms. The lowest BCUT2D eigenvalue weighted by Gasteiger charge is -2.33. The lowest BCUT2D eigenvalue weighted by molar-refractivity contribution is -0.132. The molecule has 1 fully saturated rings. The van der Waals surface area contributed by atoms with Gasteiger partial charge in [0.2, 0.25) is 5.91 Å². The molecule has 3 heteroatoms. The van der Waals surface area contributed by atoms with E-state index in [0.29, 0.717) is 18.2 Å². The summed E-state index contributed by atoms with van der Waals surface area (Å²) >= 11 is 0. The number of fused-ring (bicyclic) bond motifs is 1. The van der Waals surface area contributed by atoms with E-state index in [2.05, 4.69) is 64.6 Å². The summed E-state index contributed by atoms with van der Waals surface area (Å²) in [5, 5.41) is 1.28. The van der Waals surface area contributed by atoms with E-state index in [-0.39, 0.29) is 0 Å². The van der Waals surface area contributed by atoms with Crippen LogP contribution in [-0.4, -0.2) is 28.9 Å². The van der Waals surface area contributed by atoms with E-state index in [1.165, 1.54) is 28.5 Å². The van der Waals surface area contributed by atoms with E-state index in [1.807, 2.05) is 6.07 Å². The number of hydrogen-bond donors (Lipinski definition) is 1. The third-order valence-electron chi connectivity index (χ3n) is 5.56. The van der Waals surface area contributed by atoms with Crippen molar-refractivity contribution in [2.75, 3.05) is 13.1 Å². The zero-order chi connectivity index (χ0) is 17.8. The summed E-state index contributed by atoms with van der Waals surface area (Å²) in [4.78, 5) is 18.1. The number of benzene rings is 2. The van der Waals surface area contributed by atoms with Gasteiger partial charge in [0.05, 0.1) is 0 Å². The van der Waals surface area contributed by atoms with Gasteiger partial charge in [-0.1, -0.05) is 48.5 Å². The fourth-order valence-electron chi connectivity index (χ4n) is 4.13. The second-order valence-corrected chi connectivity index (χ2v) is 7.30. The highest BCUT2D eigenvalue weighted by Crippen LogP contribution is 2.27. The molecule has 0 radical (unpaired) electrons. The van der Waals surface area contributed by atoms with E-state index in [4.69, 9.17) is 0 Å². The largest absolute Gasteiger partial charge is 0.361 e. The summed E-state index contributed by atoms with van der Waals surface area (Å²) < 4.78 is 0. The molecular weight excluding hydrogens is 320 g/mol. The van der Waals surface area contributed by atoms with Gasteiger partial charge in [-0.2, -0.15) is 0 Å². The first-order valence-electron chi connectivity index (χ1n) is 9.69. The maximum atomic E-state index is 12.7. The van der Waals surface area contributed by atoms with Gasteiger partial charge in [0.25, 0.3) is 0 Å². The SMILES string of the molecule is O=C(CCCc1c[nH]c2ccccc12)N1CCCC(c2ccccc2)C1. The number of aryl methyl sites for hydroxylation is 1. The molecule has 1 N–H and O–H groups in total. The highest BCUT2D eigenvalue weighted by Gasteiger charge is 2.24. The molecule has 1 aliphatic rings. The Kier molecular flexibility index (Phi) is 5.05. The summed E-state index contributed by atoms with van der Waals surface area (Å²) in [6.45, 7) is 1.78. The van der Waals surface area contributed by atoms with Gasteiger partial charge in [0, 0.05) is 42.5 Å². The number of nitrogens with one attached hydrogen (secondary N) is 1. The van der Waals surface area contributed by atoms with E-state index in [9.17, 15) is 4.79 Å². The monoisotopic (exact) mass is 346 g/mol. The fraction of sp³-hybridized carbons (Fsp3) is 0.348. The van der Waals surface area contributed by atoms with Crippen LogP contribution in [0.15, 0.2) is 60.8 Å². The highest BCUT2D eigenvalue weighted by molar-refractivity contribution is 5.83. The Morgan fingerprint density at radius 1 is 1.08 bits per heavy atom. The molecule has 2 aromatic carbocycles. The number of rotatable bonds is 5. The molecule has 4 rings (SSSR count). The van der Waals surface area contributed by atoms with Crippen LogP contribution in [-0.2, 0) is 11.2 Å². The average Bonchev–Trinajstić information content (AvgIpc) is 3.12. The topological polar surface area (TPSA) is 36.1 Å². The summed E-state index contributed by atoms with van der Waals surface area (Å²) in [5.41, 5.74) is 3.86. The van der Waals surface area contributed by atoms with Crippen molar-refractivity contribution >= 4 is 16.8 Å². The molecule has 2 heterocycles. The van der Waals surface area contributed by atoms with Crippen LogP contribution in [0, 0.1) is 0 Å². The molecule has 3 nitrogen and oxygen atoms in total. The molecule has 0 saturated carbocycles. The number of aromatic nitrogens is 1. The number of carbonyl (C=O) groups is 1. The summed E-state index contributed by atoms with van der Waals surface area (Å²) in [6, 6.07) is 19.0. The number of likely N-dealkylation sites (tertiary alicyclic amines) is 1. The normalized spacial score (nSPS) is 17.5. The molecular formula is C23H26N2O. The lowest BCUT2D eigenvalue weighted by atomic mass is 9.90. The molecule has 1 unspecified atom stereocenters. The quantitative estimate of drug-likeness (QED) is 0.701. The van der Waals surface area contributed by atoms with Crippen LogP contribution in [0.3, 0.4) is 0 Å². The van der Waals surface area contributed by atoms with Crippen LogP contribution in [0.2, 0.25) is 0 Å². The van der Waals surface area contributed by atoms with Crippen LogP contribution in [0.25, 0.3) is 10.9 Å². The number of H-pyrrole nitrogens is 1. The van der Waals surface area contributed by atoms with Crippen molar-refractivity contribution in [2.24, 2.45) is 0 Å². The Balaban J connectivity index is 1.32. The Morgan fingerprint density at radius 3 is 2.77 bits per heavy atom. The Bertz CT molecular complexity index is 868. The molecule has 1 amide bonds. The summed E-state index contributed by atoms with van der Waals surface area (Å²) in [5.74, 6) is 0.799. The average molecular weight is 346 g/mol. The van der Waals surface area contributed by atoms with Crippen LogP contribution in [0.1, 0.15) is 42.7 Å². The summed E-state index contributed by atoms with van der Waals surface area (Å²) in [6.07, 6.45) is 6.87. The Morgan fingerprint density at radius 2 is 1.88 bits per heavy atom. The smallest absolute Gasteiger partial charge is 0.222 e. The molecule has 26 heavy (non-hydrogen) atoms. The van der Waals surface area contributed by atoms with Crippen LogP contribution in [0.5, 0.6) is 0 Å². The van der Waals surface area contributed by atoms with Gasteiger partial charge < -0.3 is 9.88 Å². The first-order chi connectivity index (χ1) is 12.8. The van der Waals surface area contributed by atoms with E-state index in [0.717, 1.165) is 32.4 Å². The minimum absolute atomic E-state index is 0.311. The predicted octanol–water partition coefficient (Wildman–Crippen LogP) is 4.90. The first kappa shape index (κ1) is 16.9. The Labute approximate surface area is 155 Å². The second kappa shape index (κ2) is 7.77. The molecule has 1 aromatic heterocycles. The van der Waals surface area contributed by atoms with E-state index >= 15 is 0 Å².